The van der Waals surface area contributed by atoms with E-state index >= 15 is 0 Å². The first-order valence-corrected chi connectivity index (χ1v) is 9.77. The molecule has 1 saturated heterocycles. The van der Waals surface area contributed by atoms with Gasteiger partial charge in [-0.15, -0.1) is 9.05 Å². The van der Waals surface area contributed by atoms with Crippen LogP contribution in [0.5, 0.6) is 5.75 Å². The van der Waals surface area contributed by atoms with E-state index in [1.54, 1.807) is 0 Å². The lowest BCUT2D eigenvalue weighted by atomic mass is 10.2. The number of H-pyrrole nitrogens is 1. The number of ether oxygens (including phenoxy) is 1. The van der Waals surface area contributed by atoms with Crippen LogP contribution in [0.1, 0.15) is 24.6 Å². The Morgan fingerprint density at radius 2 is 2.19 bits per heavy atom. The third-order valence-corrected chi connectivity index (χ3v) is 5.65. The van der Waals surface area contributed by atoms with Gasteiger partial charge in [-0.2, -0.15) is 4.89 Å². The average molecular weight is 399 g/mol. The maximum Gasteiger partial charge on any atom is 0.619 e. The minimum absolute atomic E-state index is 0.0243. The van der Waals surface area contributed by atoms with Crippen LogP contribution >= 0.6 is 8.17 Å². The van der Waals surface area contributed by atoms with Crippen LogP contribution in [-0.2, 0) is 20.4 Å². The van der Waals surface area contributed by atoms with Crippen molar-refractivity contribution in [2.24, 2.45) is 0 Å². The van der Waals surface area contributed by atoms with Gasteiger partial charge >= 0.3 is 13.9 Å². The molecule has 2 aromatic rings. The zero-order valence-electron chi connectivity index (χ0n) is 14.0. The monoisotopic (exact) mass is 399 g/mol. The molecule has 1 aromatic carbocycles. The van der Waals surface area contributed by atoms with Crippen LogP contribution in [0.15, 0.2) is 40.1 Å². The van der Waals surface area contributed by atoms with Gasteiger partial charge in [0.25, 0.3) is 5.56 Å². The lowest BCUT2D eigenvalue weighted by Gasteiger charge is -2.22. The molecule has 27 heavy (non-hydrogen) atoms. The number of aromatic nitrogens is 2. The zero-order valence-corrected chi connectivity index (χ0v) is 14.9. The molecule has 1 aromatic heterocycles. The van der Waals surface area contributed by atoms with Crippen LogP contribution in [0, 0.1) is 5.82 Å². The Morgan fingerprint density at radius 1 is 1.33 bits per heavy atom. The number of nitrogens with one attached hydrogen (secondary N) is 1. The van der Waals surface area contributed by atoms with Gasteiger partial charge in [0.05, 0.1) is 6.10 Å². The first-order valence-electron chi connectivity index (χ1n) is 8.28. The van der Waals surface area contributed by atoms with E-state index in [1.165, 1.54) is 29.0 Å². The predicted molar refractivity (Wildman–Crippen MR) is 91.4 cm³/mol. The highest BCUT2D eigenvalue weighted by molar-refractivity contribution is 7.55. The fourth-order valence-electron chi connectivity index (χ4n) is 2.94. The van der Waals surface area contributed by atoms with Crippen molar-refractivity contribution in [2.45, 2.75) is 31.8 Å². The van der Waals surface area contributed by atoms with E-state index < -0.39 is 37.6 Å². The normalized spacial score (nSPS) is 27.2. The lowest BCUT2D eigenvalue weighted by Crippen LogP contribution is -2.31. The van der Waals surface area contributed by atoms with Gasteiger partial charge in [-0.3, -0.25) is 18.9 Å². The summed E-state index contributed by atoms with van der Waals surface area (Å²) in [4.78, 5) is 35.5. The molecule has 0 radical (unpaired) electrons. The quantitative estimate of drug-likeness (QED) is 0.752. The fraction of sp³-hybridized carbons (Fsp3) is 0.375. The van der Waals surface area contributed by atoms with E-state index in [2.05, 4.69) is 4.98 Å². The van der Waals surface area contributed by atoms with Crippen molar-refractivity contribution in [3.05, 3.63) is 62.7 Å². The van der Waals surface area contributed by atoms with Crippen molar-refractivity contribution in [2.75, 3.05) is 6.61 Å². The predicted octanol–water partition coefficient (Wildman–Crippen LogP) is 1.65. The summed E-state index contributed by atoms with van der Waals surface area (Å²) in [7, 11) is -3.64. The van der Waals surface area contributed by atoms with Gasteiger partial charge in [0, 0.05) is 23.9 Å². The topological polar surface area (TPSA) is 112 Å². The van der Waals surface area contributed by atoms with Crippen molar-refractivity contribution in [1.82, 2.24) is 9.55 Å². The number of aromatic amines is 1. The molecule has 2 N–H and O–H groups in total. The largest absolute Gasteiger partial charge is 0.619 e. The fourth-order valence-corrected chi connectivity index (χ4v) is 4.20. The number of hydrogen-bond acceptors (Lipinski definition) is 7. The SMILES string of the molecule is O=c1ccn(C2CCC(CO[P+]3(O)OCc4ccc(F)cc4O3)O2)c(=O)[nH]1. The third-order valence-electron chi connectivity index (χ3n) is 4.30. The first-order chi connectivity index (χ1) is 12.9. The van der Waals surface area contributed by atoms with E-state index in [1.807, 2.05) is 0 Å². The summed E-state index contributed by atoms with van der Waals surface area (Å²) in [5.41, 5.74) is -0.429. The summed E-state index contributed by atoms with van der Waals surface area (Å²) in [6, 6.07) is 5.20. The second-order valence-corrected chi connectivity index (χ2v) is 7.82. The maximum atomic E-state index is 13.3. The van der Waals surface area contributed by atoms with Gasteiger partial charge in [-0.1, -0.05) is 0 Å². The Morgan fingerprint density at radius 3 is 3.00 bits per heavy atom. The van der Waals surface area contributed by atoms with E-state index in [4.69, 9.17) is 18.3 Å². The number of halogens is 1. The van der Waals surface area contributed by atoms with E-state index in [9.17, 15) is 18.9 Å². The molecule has 4 rings (SSSR count). The summed E-state index contributed by atoms with van der Waals surface area (Å²) in [6.07, 6.45) is 1.53. The van der Waals surface area contributed by atoms with Gasteiger partial charge in [-0.05, 0) is 25.0 Å². The molecular weight excluding hydrogens is 382 g/mol. The molecular formula is C16H17FN2O7P+. The Hall–Kier alpha value is -2.10. The van der Waals surface area contributed by atoms with Crippen LogP contribution in [-0.4, -0.2) is 27.2 Å². The number of nitrogens with zero attached hydrogens (tertiary/aromatic N) is 1. The highest BCUT2D eigenvalue weighted by atomic mass is 31.2. The summed E-state index contributed by atoms with van der Waals surface area (Å²) in [5.74, 6) is -0.308. The van der Waals surface area contributed by atoms with E-state index in [-0.39, 0.29) is 19.0 Å². The Kier molecular flexibility index (Phi) is 4.83. The minimum atomic E-state index is -3.64. The van der Waals surface area contributed by atoms with Crippen molar-refractivity contribution >= 4 is 8.17 Å². The second-order valence-electron chi connectivity index (χ2n) is 6.19. The van der Waals surface area contributed by atoms with Crippen molar-refractivity contribution in [3.8, 4) is 5.75 Å². The molecule has 0 bridgehead atoms. The minimum Gasteiger partial charge on any atom is -0.352 e. The number of hydrogen-bond donors (Lipinski definition) is 2. The summed E-state index contributed by atoms with van der Waals surface area (Å²) in [5, 5.41) is 0. The lowest BCUT2D eigenvalue weighted by molar-refractivity contribution is -0.0301. The molecule has 0 saturated carbocycles. The molecule has 144 valence electrons. The molecule has 9 nitrogen and oxygen atoms in total. The maximum absolute atomic E-state index is 13.3. The zero-order chi connectivity index (χ0) is 19.0. The molecule has 2 aliphatic heterocycles. The van der Waals surface area contributed by atoms with Crippen molar-refractivity contribution < 1.29 is 27.6 Å². The van der Waals surface area contributed by atoms with Crippen LogP contribution in [0.25, 0.3) is 0 Å². The van der Waals surface area contributed by atoms with Crippen molar-refractivity contribution in [1.29, 1.82) is 0 Å². The second kappa shape index (κ2) is 7.14. The average Bonchev–Trinajstić information content (AvgIpc) is 3.08. The first kappa shape index (κ1) is 18.3. The van der Waals surface area contributed by atoms with E-state index in [0.717, 1.165) is 6.07 Å². The van der Waals surface area contributed by atoms with Crippen LogP contribution < -0.4 is 15.8 Å². The van der Waals surface area contributed by atoms with Crippen LogP contribution in [0.3, 0.4) is 0 Å². The smallest absolute Gasteiger partial charge is 0.352 e. The molecule has 11 heteroatoms. The molecule has 2 aliphatic rings. The van der Waals surface area contributed by atoms with Gasteiger partial charge in [-0.25, -0.2) is 9.18 Å². The van der Waals surface area contributed by atoms with Crippen molar-refractivity contribution in [3.63, 3.8) is 0 Å². The number of benzene rings is 1. The van der Waals surface area contributed by atoms with Gasteiger partial charge in [0.15, 0.2) is 5.75 Å². The molecule has 0 aliphatic carbocycles. The standard InChI is InChI=1S/C16H16FN2O7P/c17-11-2-1-10-8-23-27(22,26-13(10)7-11)24-9-12-3-4-15(25-12)19-6-5-14(20)18-16(19)21/h1-2,5-7,12,15,22H,3-4,8-9H2/p+1. The molecule has 3 unspecified atom stereocenters. The summed E-state index contributed by atoms with van der Waals surface area (Å²) < 4.78 is 36.4. The van der Waals surface area contributed by atoms with Crippen LogP contribution in [0.2, 0.25) is 0 Å². The molecule has 0 spiro atoms. The summed E-state index contributed by atoms with van der Waals surface area (Å²) >= 11 is 0. The van der Waals surface area contributed by atoms with Gasteiger partial charge in [0.1, 0.15) is 25.3 Å². The molecule has 3 heterocycles. The van der Waals surface area contributed by atoms with Crippen LogP contribution in [0.4, 0.5) is 4.39 Å². The number of rotatable bonds is 4. The Labute approximate surface area is 152 Å². The highest BCUT2D eigenvalue weighted by Crippen LogP contribution is 2.61. The third kappa shape index (κ3) is 3.95. The van der Waals surface area contributed by atoms with Gasteiger partial charge < -0.3 is 4.74 Å². The Balaban J connectivity index is 1.37. The summed E-state index contributed by atoms with van der Waals surface area (Å²) in [6.45, 7) is 0.0182. The molecule has 0 amide bonds. The van der Waals surface area contributed by atoms with Gasteiger partial charge in [0.2, 0.25) is 0 Å². The highest BCUT2D eigenvalue weighted by Gasteiger charge is 2.51. The van der Waals surface area contributed by atoms with E-state index in [0.29, 0.717) is 18.4 Å². The Bertz CT molecular complexity index is 964. The number of fused-ring (bicyclic) bond motifs is 1. The molecule has 1 fully saturated rings. The molecule has 3 atom stereocenters.